The van der Waals surface area contributed by atoms with Crippen LogP contribution in [0, 0.1) is 17.8 Å². The number of hydrogen-bond donors (Lipinski definition) is 2. The van der Waals surface area contributed by atoms with Crippen molar-refractivity contribution >= 4 is 35.3 Å². The number of nitrogens with zero attached hydrogens (tertiary/aromatic N) is 1. The zero-order valence-electron chi connectivity index (χ0n) is 14.1. The third kappa shape index (κ3) is 3.50. The van der Waals surface area contributed by atoms with Crippen LogP contribution in [0.1, 0.15) is 26.4 Å². The van der Waals surface area contributed by atoms with Gasteiger partial charge in [-0.05, 0) is 42.8 Å². The van der Waals surface area contributed by atoms with Gasteiger partial charge in [0.1, 0.15) is 10.7 Å². The van der Waals surface area contributed by atoms with Gasteiger partial charge in [-0.2, -0.15) is 0 Å². The first-order valence-electron chi connectivity index (χ1n) is 7.89. The molecule has 6 heteroatoms. The molecule has 3 rings (SSSR count). The van der Waals surface area contributed by atoms with Crippen LogP contribution in [0.25, 0.3) is 5.69 Å². The van der Waals surface area contributed by atoms with Gasteiger partial charge in [0, 0.05) is 6.54 Å². The van der Waals surface area contributed by atoms with E-state index in [0.29, 0.717) is 21.2 Å². The summed E-state index contributed by atoms with van der Waals surface area (Å²) in [6.45, 7) is 4.47. The van der Waals surface area contributed by atoms with Crippen LogP contribution in [0.5, 0.6) is 0 Å². The first-order chi connectivity index (χ1) is 12.0. The number of para-hydroxylation sites is 1. The number of amides is 1. The lowest BCUT2D eigenvalue weighted by molar-refractivity contribution is 0.0955. The molecule has 2 aromatic carbocycles. The highest BCUT2D eigenvalue weighted by Gasteiger charge is 2.19. The third-order valence-electron chi connectivity index (χ3n) is 4.01. The Bertz CT molecular complexity index is 954. The highest BCUT2D eigenvalue weighted by molar-refractivity contribution is 7.73. The fourth-order valence-corrected chi connectivity index (χ4v) is 4.03. The first kappa shape index (κ1) is 17.4. The van der Waals surface area contributed by atoms with E-state index in [-0.39, 0.29) is 5.91 Å². The number of carbonyl (C=O) groups excluding carboxylic acids is 1. The van der Waals surface area contributed by atoms with E-state index in [0.717, 1.165) is 22.4 Å². The largest absolute Gasteiger partial charge is 0.383 e. The number of benzene rings is 2. The fourth-order valence-electron chi connectivity index (χ4n) is 2.78. The van der Waals surface area contributed by atoms with E-state index in [1.54, 1.807) is 4.57 Å². The number of aromatic nitrogens is 1. The molecule has 1 aromatic heterocycles. The molecule has 128 valence electrons. The third-order valence-corrected chi connectivity index (χ3v) is 5.40. The van der Waals surface area contributed by atoms with Gasteiger partial charge >= 0.3 is 0 Å². The number of thiazole rings is 1. The Morgan fingerprint density at radius 1 is 1.12 bits per heavy atom. The second-order valence-corrected chi connectivity index (χ2v) is 7.47. The smallest absolute Gasteiger partial charge is 0.265 e. The number of carbonyl (C=O) groups is 1. The summed E-state index contributed by atoms with van der Waals surface area (Å²) in [6.07, 6.45) is 0. The summed E-state index contributed by atoms with van der Waals surface area (Å²) in [7, 11) is 0. The van der Waals surface area contributed by atoms with E-state index in [1.165, 1.54) is 11.3 Å². The summed E-state index contributed by atoms with van der Waals surface area (Å²) in [4.78, 5) is 13.0. The molecule has 0 atom stereocenters. The number of hydrogen-bond acceptors (Lipinski definition) is 4. The van der Waals surface area contributed by atoms with E-state index >= 15 is 0 Å². The highest BCUT2D eigenvalue weighted by atomic mass is 32.1. The second-order valence-electron chi connectivity index (χ2n) is 5.83. The molecule has 0 saturated carbocycles. The summed E-state index contributed by atoms with van der Waals surface area (Å²) >= 11 is 6.72. The lowest BCUT2D eigenvalue weighted by Crippen LogP contribution is -2.23. The Balaban J connectivity index is 1.92. The van der Waals surface area contributed by atoms with Crippen molar-refractivity contribution in [2.75, 3.05) is 5.73 Å². The molecular formula is C19H19N3OS2. The maximum Gasteiger partial charge on any atom is 0.265 e. The van der Waals surface area contributed by atoms with Crippen molar-refractivity contribution in [3.63, 3.8) is 0 Å². The van der Waals surface area contributed by atoms with Crippen molar-refractivity contribution in [3.05, 3.63) is 74.1 Å². The molecule has 0 aliphatic heterocycles. The maximum absolute atomic E-state index is 12.6. The normalized spacial score (nSPS) is 10.6. The number of nitrogen functional groups attached to an aromatic ring is 1. The molecule has 1 heterocycles. The van der Waals surface area contributed by atoms with Crippen LogP contribution in [0.3, 0.4) is 0 Å². The first-order valence-corrected chi connectivity index (χ1v) is 9.11. The van der Waals surface area contributed by atoms with Gasteiger partial charge in [-0.25, -0.2) is 0 Å². The summed E-state index contributed by atoms with van der Waals surface area (Å²) in [5, 5.41) is 2.91. The van der Waals surface area contributed by atoms with Crippen LogP contribution in [-0.4, -0.2) is 10.5 Å². The molecule has 0 aliphatic carbocycles. The van der Waals surface area contributed by atoms with E-state index in [2.05, 4.69) is 5.32 Å². The molecule has 25 heavy (non-hydrogen) atoms. The van der Waals surface area contributed by atoms with Crippen LogP contribution < -0.4 is 11.1 Å². The van der Waals surface area contributed by atoms with Crippen LogP contribution in [0.4, 0.5) is 5.82 Å². The van der Waals surface area contributed by atoms with E-state index in [4.69, 9.17) is 18.0 Å². The summed E-state index contributed by atoms with van der Waals surface area (Å²) < 4.78 is 2.36. The van der Waals surface area contributed by atoms with Gasteiger partial charge in [-0.3, -0.25) is 9.36 Å². The second kappa shape index (κ2) is 7.21. The quantitative estimate of drug-likeness (QED) is 0.670. The van der Waals surface area contributed by atoms with Gasteiger partial charge in [-0.1, -0.05) is 59.9 Å². The van der Waals surface area contributed by atoms with Crippen molar-refractivity contribution in [3.8, 4) is 5.69 Å². The molecule has 3 N–H and O–H groups in total. The van der Waals surface area contributed by atoms with Gasteiger partial charge in [0.15, 0.2) is 3.95 Å². The minimum atomic E-state index is -0.206. The average Bonchev–Trinajstić information content (AvgIpc) is 2.89. The molecule has 0 bridgehead atoms. The monoisotopic (exact) mass is 369 g/mol. The number of nitrogens with two attached hydrogens (primary N) is 1. The van der Waals surface area contributed by atoms with Crippen LogP contribution in [0.15, 0.2) is 48.5 Å². The molecule has 1 amide bonds. The highest BCUT2D eigenvalue weighted by Crippen LogP contribution is 2.29. The van der Waals surface area contributed by atoms with Crippen molar-refractivity contribution < 1.29 is 4.79 Å². The molecule has 4 nitrogen and oxygen atoms in total. The van der Waals surface area contributed by atoms with Crippen LogP contribution in [-0.2, 0) is 6.54 Å². The Labute approximate surface area is 155 Å². The van der Waals surface area contributed by atoms with Gasteiger partial charge < -0.3 is 11.1 Å². The fraction of sp³-hybridized carbons (Fsp3) is 0.158. The predicted octanol–water partition coefficient (Wildman–Crippen LogP) is 4.40. The Hall–Kier alpha value is -2.44. The van der Waals surface area contributed by atoms with Crippen LogP contribution >= 0.6 is 23.6 Å². The lowest BCUT2D eigenvalue weighted by Gasteiger charge is -2.13. The SMILES string of the molecule is Cc1cccc(C)c1-n1c(N)c(C(=O)NCc2ccccc2)sc1=S. The Morgan fingerprint density at radius 2 is 1.76 bits per heavy atom. The molecule has 0 aliphatic rings. The Morgan fingerprint density at radius 3 is 2.40 bits per heavy atom. The van der Waals surface area contributed by atoms with Crippen LogP contribution in [0.2, 0.25) is 0 Å². The van der Waals surface area contributed by atoms with Gasteiger partial charge in [-0.15, -0.1) is 0 Å². The summed E-state index contributed by atoms with van der Waals surface area (Å²) in [5.41, 5.74) is 10.4. The molecule has 0 radical (unpaired) electrons. The summed E-state index contributed by atoms with van der Waals surface area (Å²) in [5.74, 6) is 0.181. The van der Waals surface area contributed by atoms with Gasteiger partial charge in [0.25, 0.3) is 5.91 Å². The molecule has 0 spiro atoms. The van der Waals surface area contributed by atoms with Crippen molar-refractivity contribution in [1.29, 1.82) is 0 Å². The van der Waals surface area contributed by atoms with E-state index < -0.39 is 0 Å². The standard InChI is InChI=1S/C19H19N3OS2/c1-12-7-6-8-13(2)15(12)22-17(20)16(25-19(22)24)18(23)21-11-14-9-4-3-5-10-14/h3-10H,11,20H2,1-2H3,(H,21,23). The molecule has 0 unspecified atom stereocenters. The zero-order chi connectivity index (χ0) is 18.0. The minimum Gasteiger partial charge on any atom is -0.383 e. The molecule has 0 fully saturated rings. The van der Waals surface area contributed by atoms with E-state index in [1.807, 2.05) is 62.4 Å². The minimum absolute atomic E-state index is 0.206. The number of rotatable bonds is 4. The van der Waals surface area contributed by atoms with E-state index in [9.17, 15) is 4.79 Å². The van der Waals surface area contributed by atoms with Crippen molar-refractivity contribution in [1.82, 2.24) is 9.88 Å². The molecular weight excluding hydrogens is 350 g/mol. The topological polar surface area (TPSA) is 60.0 Å². The zero-order valence-corrected chi connectivity index (χ0v) is 15.7. The van der Waals surface area contributed by atoms with Gasteiger partial charge in [0.05, 0.1) is 5.69 Å². The maximum atomic E-state index is 12.6. The average molecular weight is 370 g/mol. The van der Waals surface area contributed by atoms with Crippen molar-refractivity contribution in [2.45, 2.75) is 20.4 Å². The number of anilines is 1. The Kier molecular flexibility index (Phi) is 5.01. The van der Waals surface area contributed by atoms with Crippen molar-refractivity contribution in [2.24, 2.45) is 0 Å². The van der Waals surface area contributed by atoms with Gasteiger partial charge in [0.2, 0.25) is 0 Å². The molecule has 0 saturated heterocycles. The predicted molar refractivity (Wildman–Crippen MR) is 106 cm³/mol. The molecule has 3 aromatic rings. The summed E-state index contributed by atoms with van der Waals surface area (Å²) in [6, 6.07) is 15.8. The lowest BCUT2D eigenvalue weighted by atomic mass is 10.1. The number of nitrogens with one attached hydrogen (secondary N) is 1. The number of aryl methyl sites for hydroxylation is 2.